The van der Waals surface area contributed by atoms with Gasteiger partial charge in [-0.1, -0.05) is 6.92 Å². The molecule has 2 aromatic rings. The van der Waals surface area contributed by atoms with Crippen molar-refractivity contribution in [2.45, 2.75) is 23.7 Å². The Morgan fingerprint density at radius 2 is 2.12 bits per heavy atom. The molecule has 0 radical (unpaired) electrons. The molecule has 2 heterocycles. The van der Waals surface area contributed by atoms with Crippen molar-refractivity contribution in [2.75, 3.05) is 0 Å². The summed E-state index contributed by atoms with van der Waals surface area (Å²) >= 11 is 1.15. The Kier molecular flexibility index (Phi) is 3.28. The van der Waals surface area contributed by atoms with E-state index in [2.05, 4.69) is 25.1 Å². The molecule has 0 saturated heterocycles. The minimum atomic E-state index is -0.545. The van der Waals surface area contributed by atoms with Crippen LogP contribution in [-0.2, 0) is 6.42 Å². The summed E-state index contributed by atoms with van der Waals surface area (Å²) in [6.07, 6.45) is 3.07. The smallest absolute Gasteiger partial charge is 0.262 e. The molecule has 0 bridgehead atoms. The number of H-pyrrole nitrogens is 1. The normalized spacial score (nSPS) is 10.4. The number of nitro groups is 1. The first-order valence-electron chi connectivity index (χ1n) is 4.74. The van der Waals surface area contributed by atoms with E-state index in [1.165, 1.54) is 0 Å². The molecule has 0 aliphatic heterocycles. The van der Waals surface area contributed by atoms with Crippen LogP contribution in [0.5, 0.6) is 0 Å². The van der Waals surface area contributed by atoms with Gasteiger partial charge in [-0.15, -0.1) is 5.10 Å². The van der Waals surface area contributed by atoms with Gasteiger partial charge in [0.2, 0.25) is 5.16 Å². The summed E-state index contributed by atoms with van der Waals surface area (Å²) in [5, 5.41) is 18.0. The molecule has 0 aromatic carbocycles. The van der Waals surface area contributed by atoms with Crippen molar-refractivity contribution in [2.24, 2.45) is 0 Å². The maximum Gasteiger partial charge on any atom is 0.305 e. The van der Waals surface area contributed by atoms with Crippen LogP contribution >= 0.6 is 11.8 Å². The van der Waals surface area contributed by atoms with Crippen LogP contribution in [-0.4, -0.2) is 30.1 Å². The van der Waals surface area contributed by atoms with Crippen LogP contribution in [0.15, 0.2) is 22.7 Å². The Morgan fingerprint density at radius 1 is 1.41 bits per heavy atom. The third-order valence-corrected chi connectivity index (χ3v) is 2.61. The molecule has 8 nitrogen and oxygen atoms in total. The van der Waals surface area contributed by atoms with Crippen LogP contribution in [0.2, 0.25) is 0 Å². The third-order valence-electron chi connectivity index (χ3n) is 1.85. The fourth-order valence-electron chi connectivity index (χ4n) is 1.02. The summed E-state index contributed by atoms with van der Waals surface area (Å²) in [4.78, 5) is 21.7. The Morgan fingerprint density at radius 3 is 2.65 bits per heavy atom. The molecule has 0 fully saturated rings. The van der Waals surface area contributed by atoms with E-state index in [1.807, 2.05) is 6.92 Å². The van der Waals surface area contributed by atoms with Crippen molar-refractivity contribution in [1.29, 1.82) is 0 Å². The van der Waals surface area contributed by atoms with Crippen LogP contribution in [0.4, 0.5) is 5.69 Å². The van der Waals surface area contributed by atoms with Crippen molar-refractivity contribution >= 4 is 17.4 Å². The van der Waals surface area contributed by atoms with E-state index in [0.29, 0.717) is 10.3 Å². The maximum atomic E-state index is 10.4. The van der Waals surface area contributed by atoms with Gasteiger partial charge in [0.1, 0.15) is 18.2 Å². The molecule has 88 valence electrons. The van der Waals surface area contributed by atoms with Gasteiger partial charge in [0.15, 0.2) is 5.16 Å². The zero-order valence-corrected chi connectivity index (χ0v) is 9.64. The monoisotopic (exact) mass is 252 g/mol. The zero-order chi connectivity index (χ0) is 12.3. The molecule has 9 heteroatoms. The van der Waals surface area contributed by atoms with E-state index >= 15 is 0 Å². The molecule has 0 amide bonds. The average molecular weight is 252 g/mol. The topological polar surface area (TPSA) is 110 Å². The molecule has 17 heavy (non-hydrogen) atoms. The number of nitrogens with zero attached hydrogens (tertiary/aromatic N) is 5. The average Bonchev–Trinajstić information content (AvgIpc) is 2.77. The Labute approximate surface area is 100 Å². The van der Waals surface area contributed by atoms with Crippen molar-refractivity contribution in [1.82, 2.24) is 25.1 Å². The molecule has 1 N–H and O–H groups in total. The highest BCUT2D eigenvalue weighted by molar-refractivity contribution is 7.99. The van der Waals surface area contributed by atoms with Gasteiger partial charge in [-0.3, -0.25) is 15.2 Å². The maximum absolute atomic E-state index is 10.4. The van der Waals surface area contributed by atoms with Crippen LogP contribution in [0.1, 0.15) is 12.7 Å². The summed E-state index contributed by atoms with van der Waals surface area (Å²) in [7, 11) is 0. The highest BCUT2D eigenvalue weighted by Gasteiger charge is 2.10. The van der Waals surface area contributed by atoms with Crippen LogP contribution < -0.4 is 0 Å². The number of aromatic amines is 1. The lowest BCUT2D eigenvalue weighted by Gasteiger charge is -1.93. The van der Waals surface area contributed by atoms with Crippen molar-refractivity contribution < 1.29 is 4.92 Å². The minimum Gasteiger partial charge on any atom is -0.262 e. The molecule has 0 saturated carbocycles. The van der Waals surface area contributed by atoms with E-state index in [9.17, 15) is 10.1 Å². The first-order chi connectivity index (χ1) is 8.19. The summed E-state index contributed by atoms with van der Waals surface area (Å²) in [5.74, 6) is 0.773. The van der Waals surface area contributed by atoms with Gasteiger partial charge in [0.05, 0.1) is 4.92 Å². The molecular weight excluding hydrogens is 244 g/mol. The second-order valence-corrected chi connectivity index (χ2v) is 3.94. The second kappa shape index (κ2) is 4.87. The third kappa shape index (κ3) is 2.75. The number of rotatable bonds is 4. The van der Waals surface area contributed by atoms with E-state index < -0.39 is 4.92 Å². The minimum absolute atomic E-state index is 0.140. The lowest BCUT2D eigenvalue weighted by Crippen LogP contribution is -1.92. The fraction of sp³-hybridized carbons (Fsp3) is 0.250. The predicted molar refractivity (Wildman–Crippen MR) is 58.6 cm³/mol. The lowest BCUT2D eigenvalue weighted by molar-refractivity contribution is -0.385. The molecule has 0 aliphatic rings. The lowest BCUT2D eigenvalue weighted by atomic mass is 10.5. The molecule has 0 unspecified atom stereocenters. The Bertz CT molecular complexity index is 525. The summed E-state index contributed by atoms with van der Waals surface area (Å²) in [6.45, 7) is 1.96. The molecular formula is C8H8N6O2S. The molecule has 0 aliphatic carbocycles. The van der Waals surface area contributed by atoms with Gasteiger partial charge in [-0.05, 0) is 11.8 Å². The van der Waals surface area contributed by atoms with Gasteiger partial charge in [-0.2, -0.15) is 0 Å². The summed E-state index contributed by atoms with van der Waals surface area (Å²) in [5.41, 5.74) is -0.140. The first-order valence-corrected chi connectivity index (χ1v) is 5.56. The van der Waals surface area contributed by atoms with Gasteiger partial charge in [0.25, 0.3) is 0 Å². The Hall–Kier alpha value is -2.03. The molecule has 2 rings (SSSR count). The zero-order valence-electron chi connectivity index (χ0n) is 8.82. The number of nitrogens with one attached hydrogen (secondary N) is 1. The quantitative estimate of drug-likeness (QED) is 0.494. The standard InChI is InChI=1S/C8H8N6O2S/c1-2-6-11-8(13-12-6)17-7-9-3-5(4-10-7)14(15)16/h3-4H,2H2,1H3,(H,11,12,13). The van der Waals surface area contributed by atoms with Crippen LogP contribution in [0.3, 0.4) is 0 Å². The first kappa shape index (κ1) is 11.5. The van der Waals surface area contributed by atoms with E-state index in [1.54, 1.807) is 0 Å². The highest BCUT2D eigenvalue weighted by Crippen LogP contribution is 2.21. The molecule has 2 aromatic heterocycles. The van der Waals surface area contributed by atoms with E-state index in [0.717, 1.165) is 36.4 Å². The number of hydrogen-bond acceptors (Lipinski definition) is 7. The van der Waals surface area contributed by atoms with Crippen LogP contribution in [0, 0.1) is 10.1 Å². The number of hydrogen-bond donors (Lipinski definition) is 1. The largest absolute Gasteiger partial charge is 0.305 e. The van der Waals surface area contributed by atoms with E-state index in [-0.39, 0.29) is 5.69 Å². The predicted octanol–water partition coefficient (Wildman–Crippen LogP) is 1.22. The van der Waals surface area contributed by atoms with Gasteiger partial charge >= 0.3 is 5.69 Å². The molecule has 0 atom stereocenters. The SMILES string of the molecule is CCc1nc(Sc2ncc([N+](=O)[O-])cn2)n[nH]1. The van der Waals surface area contributed by atoms with Gasteiger partial charge in [0, 0.05) is 6.42 Å². The summed E-state index contributed by atoms with van der Waals surface area (Å²) in [6, 6.07) is 0. The fourth-order valence-corrected chi connectivity index (χ4v) is 1.64. The van der Waals surface area contributed by atoms with Crippen LogP contribution in [0.25, 0.3) is 0 Å². The Balaban J connectivity index is 2.10. The van der Waals surface area contributed by atoms with Gasteiger partial charge in [-0.25, -0.2) is 15.0 Å². The number of aryl methyl sites for hydroxylation is 1. The van der Waals surface area contributed by atoms with Crippen molar-refractivity contribution in [3.63, 3.8) is 0 Å². The van der Waals surface area contributed by atoms with Crippen molar-refractivity contribution in [3.8, 4) is 0 Å². The van der Waals surface area contributed by atoms with E-state index in [4.69, 9.17) is 0 Å². The number of aromatic nitrogens is 5. The second-order valence-electron chi connectivity index (χ2n) is 3.00. The molecule has 0 spiro atoms. The summed E-state index contributed by atoms with van der Waals surface area (Å²) < 4.78 is 0. The highest BCUT2D eigenvalue weighted by atomic mass is 32.2. The van der Waals surface area contributed by atoms with Gasteiger partial charge < -0.3 is 0 Å². The van der Waals surface area contributed by atoms with Crippen molar-refractivity contribution in [3.05, 3.63) is 28.3 Å².